The summed E-state index contributed by atoms with van der Waals surface area (Å²) in [7, 11) is 0. The molecular formula is C14H11Cl. The van der Waals surface area contributed by atoms with Crippen LogP contribution in [0.25, 0.3) is 0 Å². The molecule has 0 unspecified atom stereocenters. The first-order valence-electron chi connectivity index (χ1n) is 5.50. The van der Waals surface area contributed by atoms with Gasteiger partial charge in [0.2, 0.25) is 0 Å². The van der Waals surface area contributed by atoms with Gasteiger partial charge in [0.25, 0.3) is 0 Å². The quantitative estimate of drug-likeness (QED) is 0.577. The van der Waals surface area contributed by atoms with E-state index in [1.165, 1.54) is 11.1 Å². The summed E-state index contributed by atoms with van der Waals surface area (Å²) in [6, 6.07) is 8.81. The largest absolute Gasteiger partial charge is 0.0891 e. The van der Waals surface area contributed by atoms with Crippen molar-refractivity contribution in [1.82, 2.24) is 0 Å². The first-order chi connectivity index (χ1) is 7.36. The first kappa shape index (κ1) is 8.18. The summed E-state index contributed by atoms with van der Waals surface area (Å²) in [5.41, 5.74) is 3.02. The summed E-state index contributed by atoms with van der Waals surface area (Å²) in [5.74, 6) is 2.37. The van der Waals surface area contributed by atoms with E-state index in [0.29, 0.717) is 23.7 Å². The minimum absolute atomic E-state index is 0.536. The third kappa shape index (κ3) is 0.849. The predicted octanol–water partition coefficient (Wildman–Crippen LogP) is 3.81. The van der Waals surface area contributed by atoms with E-state index >= 15 is 0 Å². The van der Waals surface area contributed by atoms with E-state index < -0.39 is 0 Å². The van der Waals surface area contributed by atoms with Crippen LogP contribution in [0.1, 0.15) is 23.0 Å². The third-order valence-corrected chi connectivity index (χ3v) is 4.50. The molecule has 0 fully saturated rings. The Morgan fingerprint density at radius 2 is 1.60 bits per heavy atom. The minimum atomic E-state index is 0.536. The normalized spacial score (nSPS) is 39.1. The molecule has 4 aliphatic carbocycles. The Balaban J connectivity index is 1.96. The van der Waals surface area contributed by atoms with Crippen LogP contribution in [0.15, 0.2) is 47.5 Å². The summed E-state index contributed by atoms with van der Waals surface area (Å²) in [6.07, 6.45) is 6.96. The molecule has 0 aromatic heterocycles. The standard InChI is InChI=1S/C14H11Cl/c15-13-7-12-10-5-6-11(14(12)13)9-4-2-1-3-8(9)10/h1-7,10-12,14H/t10-,11+,12+,14+/m0/s1. The van der Waals surface area contributed by atoms with Crippen molar-refractivity contribution in [3.8, 4) is 0 Å². The molecule has 0 N–H and O–H groups in total. The highest BCUT2D eigenvalue weighted by atomic mass is 35.5. The predicted molar refractivity (Wildman–Crippen MR) is 62.0 cm³/mol. The lowest BCUT2D eigenvalue weighted by molar-refractivity contribution is 0.309. The zero-order valence-electron chi connectivity index (χ0n) is 8.23. The Kier molecular flexibility index (Phi) is 1.40. The topological polar surface area (TPSA) is 0 Å². The van der Waals surface area contributed by atoms with E-state index in [0.717, 1.165) is 5.03 Å². The van der Waals surface area contributed by atoms with Crippen LogP contribution in [0.3, 0.4) is 0 Å². The summed E-state index contributed by atoms with van der Waals surface area (Å²) >= 11 is 6.21. The Bertz CT molecular complexity index is 498. The maximum absolute atomic E-state index is 6.21. The second-order valence-corrected chi connectivity index (χ2v) is 5.16. The van der Waals surface area contributed by atoms with Crippen molar-refractivity contribution >= 4 is 11.6 Å². The molecule has 5 rings (SSSR count). The van der Waals surface area contributed by atoms with Crippen molar-refractivity contribution in [2.45, 2.75) is 11.8 Å². The van der Waals surface area contributed by atoms with Gasteiger partial charge in [-0.05, 0) is 17.0 Å². The molecule has 1 aromatic carbocycles. The van der Waals surface area contributed by atoms with Crippen molar-refractivity contribution in [3.05, 3.63) is 58.7 Å². The maximum Gasteiger partial charge on any atom is 0.0190 e. The molecule has 0 saturated carbocycles. The highest BCUT2D eigenvalue weighted by Gasteiger charge is 2.48. The van der Waals surface area contributed by atoms with E-state index in [1.807, 2.05) is 0 Å². The SMILES string of the molecule is ClC1=C[C@H]2[C@H]1[C@@H]1C=C[C@H]2c2ccccc21. The molecule has 0 aliphatic heterocycles. The molecule has 0 heterocycles. The first-order valence-corrected chi connectivity index (χ1v) is 5.88. The van der Waals surface area contributed by atoms with E-state index in [2.05, 4.69) is 42.5 Å². The van der Waals surface area contributed by atoms with Gasteiger partial charge in [0.05, 0.1) is 0 Å². The Hall–Kier alpha value is -1.01. The molecule has 1 heteroatoms. The van der Waals surface area contributed by atoms with Gasteiger partial charge in [0, 0.05) is 22.8 Å². The van der Waals surface area contributed by atoms with Gasteiger partial charge in [-0.15, -0.1) is 0 Å². The molecule has 0 radical (unpaired) electrons. The Labute approximate surface area is 94.3 Å². The lowest BCUT2D eigenvalue weighted by Crippen LogP contribution is -2.39. The van der Waals surface area contributed by atoms with Crippen LogP contribution in [-0.4, -0.2) is 0 Å². The van der Waals surface area contributed by atoms with E-state index in [1.54, 1.807) is 0 Å². The average molecular weight is 215 g/mol. The zero-order chi connectivity index (χ0) is 9.99. The van der Waals surface area contributed by atoms with Crippen LogP contribution in [0.2, 0.25) is 0 Å². The van der Waals surface area contributed by atoms with E-state index in [4.69, 9.17) is 11.6 Å². The fourth-order valence-corrected chi connectivity index (χ4v) is 3.84. The molecule has 0 spiro atoms. The van der Waals surface area contributed by atoms with Gasteiger partial charge in [0.15, 0.2) is 0 Å². The van der Waals surface area contributed by atoms with Gasteiger partial charge in [-0.1, -0.05) is 54.1 Å². The van der Waals surface area contributed by atoms with Crippen molar-refractivity contribution in [3.63, 3.8) is 0 Å². The minimum Gasteiger partial charge on any atom is -0.0891 e. The summed E-state index contributed by atoms with van der Waals surface area (Å²) < 4.78 is 0. The fraction of sp³-hybridized carbons (Fsp3) is 0.286. The van der Waals surface area contributed by atoms with E-state index in [-0.39, 0.29) is 0 Å². The zero-order valence-corrected chi connectivity index (χ0v) is 8.98. The van der Waals surface area contributed by atoms with Crippen molar-refractivity contribution < 1.29 is 0 Å². The van der Waals surface area contributed by atoms with Crippen LogP contribution in [0.5, 0.6) is 0 Å². The molecule has 0 amide bonds. The molecule has 4 aliphatic rings. The van der Waals surface area contributed by atoms with E-state index in [9.17, 15) is 0 Å². The molecule has 2 bridgehead atoms. The third-order valence-electron chi connectivity index (χ3n) is 4.13. The number of hydrogen-bond acceptors (Lipinski definition) is 0. The second kappa shape index (κ2) is 2.56. The average Bonchev–Trinajstić information content (AvgIpc) is 2.27. The van der Waals surface area contributed by atoms with Gasteiger partial charge < -0.3 is 0 Å². The fourth-order valence-electron chi connectivity index (χ4n) is 3.42. The van der Waals surface area contributed by atoms with Gasteiger partial charge in [-0.2, -0.15) is 0 Å². The molecular weight excluding hydrogens is 204 g/mol. The lowest BCUT2D eigenvalue weighted by Gasteiger charge is -2.50. The van der Waals surface area contributed by atoms with Crippen LogP contribution in [0, 0.1) is 11.8 Å². The van der Waals surface area contributed by atoms with Gasteiger partial charge in [-0.25, -0.2) is 0 Å². The molecule has 74 valence electrons. The molecule has 1 aromatic rings. The number of halogens is 1. The Morgan fingerprint density at radius 1 is 0.933 bits per heavy atom. The van der Waals surface area contributed by atoms with Crippen molar-refractivity contribution in [2.75, 3.05) is 0 Å². The maximum atomic E-state index is 6.21. The molecule has 15 heavy (non-hydrogen) atoms. The van der Waals surface area contributed by atoms with Crippen molar-refractivity contribution in [2.24, 2.45) is 11.8 Å². The van der Waals surface area contributed by atoms with Crippen molar-refractivity contribution in [1.29, 1.82) is 0 Å². The van der Waals surface area contributed by atoms with Crippen LogP contribution < -0.4 is 0 Å². The monoisotopic (exact) mass is 214 g/mol. The molecule has 0 saturated heterocycles. The Morgan fingerprint density at radius 3 is 2.33 bits per heavy atom. The van der Waals surface area contributed by atoms with Crippen LogP contribution in [-0.2, 0) is 0 Å². The highest BCUT2D eigenvalue weighted by Crippen LogP contribution is 2.60. The highest BCUT2D eigenvalue weighted by molar-refractivity contribution is 6.30. The number of allylic oxidation sites excluding steroid dienone is 4. The van der Waals surface area contributed by atoms with Crippen LogP contribution in [0.4, 0.5) is 0 Å². The smallest absolute Gasteiger partial charge is 0.0190 e. The summed E-state index contributed by atoms with van der Waals surface area (Å²) in [6.45, 7) is 0. The number of rotatable bonds is 0. The lowest BCUT2D eigenvalue weighted by atomic mass is 9.55. The molecule has 0 nitrogen and oxygen atoms in total. The number of benzene rings is 1. The summed E-state index contributed by atoms with van der Waals surface area (Å²) in [4.78, 5) is 0. The number of hydrogen-bond donors (Lipinski definition) is 0. The van der Waals surface area contributed by atoms with Crippen LogP contribution >= 0.6 is 11.6 Å². The second-order valence-electron chi connectivity index (χ2n) is 4.72. The van der Waals surface area contributed by atoms with Gasteiger partial charge in [-0.3, -0.25) is 0 Å². The van der Waals surface area contributed by atoms with Gasteiger partial charge >= 0.3 is 0 Å². The molecule has 4 atom stereocenters. The summed E-state index contributed by atoms with van der Waals surface area (Å²) in [5, 5.41) is 1.08. The van der Waals surface area contributed by atoms with Gasteiger partial charge in [0.1, 0.15) is 0 Å².